The van der Waals surface area contributed by atoms with Gasteiger partial charge in [-0.3, -0.25) is 4.57 Å². The zero-order valence-electron chi connectivity index (χ0n) is 18.1. The molecule has 1 aliphatic heterocycles. The molecule has 0 unspecified atom stereocenters. The van der Waals surface area contributed by atoms with Gasteiger partial charge >= 0.3 is 0 Å². The summed E-state index contributed by atoms with van der Waals surface area (Å²) in [7, 11) is 0. The molecule has 3 heterocycles. The second-order valence-electron chi connectivity index (χ2n) is 9.25. The molecule has 0 spiro atoms. The van der Waals surface area contributed by atoms with E-state index in [4.69, 9.17) is 16.0 Å². The summed E-state index contributed by atoms with van der Waals surface area (Å²) in [5, 5.41) is 9.11. The highest BCUT2D eigenvalue weighted by atomic mass is 15.1. The van der Waals surface area contributed by atoms with Crippen molar-refractivity contribution in [2.45, 2.75) is 38.8 Å². The highest BCUT2D eigenvalue weighted by molar-refractivity contribution is 5.72. The van der Waals surface area contributed by atoms with Crippen LogP contribution in [0.5, 0.6) is 0 Å². The molecule has 158 valence electrons. The summed E-state index contributed by atoms with van der Waals surface area (Å²) in [5.41, 5.74) is 15.1. The lowest BCUT2D eigenvalue weighted by molar-refractivity contribution is 0.264. The van der Waals surface area contributed by atoms with Crippen LogP contribution in [0.25, 0.3) is 28.3 Å². The first-order valence-corrected chi connectivity index (χ1v) is 11.2. The summed E-state index contributed by atoms with van der Waals surface area (Å²) in [6.07, 6.45) is 7.53. The number of imidazole rings is 1. The molecule has 0 radical (unpaired) electrons. The predicted molar refractivity (Wildman–Crippen MR) is 125 cm³/mol. The number of nitrogens with zero attached hydrogens (tertiary/aromatic N) is 4. The van der Waals surface area contributed by atoms with Crippen LogP contribution >= 0.6 is 0 Å². The fraction of sp³-hybridized carbons (Fsp3) is 0.259. The van der Waals surface area contributed by atoms with Gasteiger partial charge in [-0.1, -0.05) is 24.3 Å². The Morgan fingerprint density at radius 3 is 2.66 bits per heavy atom. The Labute approximate surface area is 187 Å². The van der Waals surface area contributed by atoms with Crippen molar-refractivity contribution >= 4 is 0 Å². The Bertz CT molecular complexity index is 1360. The van der Waals surface area contributed by atoms with E-state index in [-0.39, 0.29) is 0 Å². The number of aromatic nitrogens is 3. The average Bonchev–Trinajstić information content (AvgIpc) is 3.33. The van der Waals surface area contributed by atoms with Crippen molar-refractivity contribution < 1.29 is 0 Å². The normalized spacial score (nSPS) is 18.7. The molecule has 0 bridgehead atoms. The molecule has 1 fully saturated rings. The first-order chi connectivity index (χ1) is 15.6. The van der Waals surface area contributed by atoms with Crippen LogP contribution in [0.4, 0.5) is 0 Å². The predicted octanol–water partition coefficient (Wildman–Crippen LogP) is 4.83. The second kappa shape index (κ2) is 7.22. The van der Waals surface area contributed by atoms with Crippen LogP contribution in [0, 0.1) is 24.2 Å². The smallest absolute Gasteiger partial charge is 0.161 e. The number of hydrogen-bond donors (Lipinski definition) is 1. The topological polar surface area (TPSA) is 72.6 Å². The molecule has 2 aliphatic rings. The van der Waals surface area contributed by atoms with Crippen LogP contribution in [-0.4, -0.2) is 20.2 Å². The number of nitriles is 1. The summed E-state index contributed by atoms with van der Waals surface area (Å²) >= 11 is 0. The molecule has 0 amide bonds. The zero-order valence-corrected chi connectivity index (χ0v) is 18.1. The van der Waals surface area contributed by atoms with Gasteiger partial charge in [-0.05, 0) is 73.1 Å². The Morgan fingerprint density at radius 1 is 1.09 bits per heavy atom. The van der Waals surface area contributed by atoms with E-state index in [0.717, 1.165) is 54.1 Å². The molecule has 5 heteroatoms. The van der Waals surface area contributed by atoms with Gasteiger partial charge in [-0.25, -0.2) is 4.98 Å². The maximum absolute atomic E-state index is 9.11. The summed E-state index contributed by atoms with van der Waals surface area (Å²) < 4.78 is 4.58. The number of nitrogens with two attached hydrogens (primary N) is 1. The van der Waals surface area contributed by atoms with Crippen molar-refractivity contribution in [2.75, 3.05) is 0 Å². The maximum atomic E-state index is 9.11. The molecular formula is C27H25N5. The van der Waals surface area contributed by atoms with Crippen LogP contribution in [0.3, 0.4) is 0 Å². The van der Waals surface area contributed by atoms with Crippen LogP contribution in [0.2, 0.25) is 0 Å². The van der Waals surface area contributed by atoms with Crippen LogP contribution in [0.1, 0.15) is 35.2 Å². The van der Waals surface area contributed by atoms with Crippen molar-refractivity contribution in [3.63, 3.8) is 0 Å². The van der Waals surface area contributed by atoms with Crippen LogP contribution in [0.15, 0.2) is 60.9 Å². The van der Waals surface area contributed by atoms with Gasteiger partial charge in [0.05, 0.1) is 23.0 Å². The lowest BCUT2D eigenvalue weighted by atomic mass is 9.77. The van der Waals surface area contributed by atoms with E-state index in [1.165, 1.54) is 16.8 Å². The van der Waals surface area contributed by atoms with Gasteiger partial charge < -0.3 is 10.3 Å². The minimum atomic E-state index is 0.389. The Morgan fingerprint density at radius 2 is 1.91 bits per heavy atom. The first-order valence-electron chi connectivity index (χ1n) is 11.2. The Kier molecular flexibility index (Phi) is 4.31. The quantitative estimate of drug-likeness (QED) is 0.455. The molecule has 1 aliphatic carbocycles. The summed E-state index contributed by atoms with van der Waals surface area (Å²) in [6.45, 7) is 2.92. The van der Waals surface area contributed by atoms with E-state index >= 15 is 0 Å². The molecule has 4 aromatic rings. The van der Waals surface area contributed by atoms with Crippen molar-refractivity contribution in [2.24, 2.45) is 11.7 Å². The van der Waals surface area contributed by atoms with E-state index in [1.807, 2.05) is 30.5 Å². The summed E-state index contributed by atoms with van der Waals surface area (Å²) in [6, 6.07) is 19.5. The van der Waals surface area contributed by atoms with Gasteiger partial charge in [0.2, 0.25) is 0 Å². The molecule has 32 heavy (non-hydrogen) atoms. The number of fused-ring (bicyclic) bond motifs is 5. The minimum absolute atomic E-state index is 0.389. The highest BCUT2D eigenvalue weighted by Crippen LogP contribution is 2.36. The van der Waals surface area contributed by atoms with Gasteiger partial charge in [0.1, 0.15) is 0 Å². The molecule has 6 rings (SSSR count). The van der Waals surface area contributed by atoms with Crippen molar-refractivity contribution in [1.29, 1.82) is 5.26 Å². The van der Waals surface area contributed by atoms with E-state index in [9.17, 15) is 0 Å². The fourth-order valence-electron chi connectivity index (χ4n) is 5.23. The third-order valence-electron chi connectivity index (χ3n) is 6.93. The van der Waals surface area contributed by atoms with Gasteiger partial charge in [-0.15, -0.1) is 0 Å². The third kappa shape index (κ3) is 3.07. The maximum Gasteiger partial charge on any atom is 0.161 e. The van der Waals surface area contributed by atoms with Gasteiger partial charge in [0.25, 0.3) is 0 Å². The van der Waals surface area contributed by atoms with E-state index in [1.54, 1.807) is 0 Å². The molecule has 5 nitrogen and oxygen atoms in total. The standard InChI is InChI=1S/C27H25N5/c1-17-14-30-27-26-12-22(21-5-2-18(13-28)3-6-21)15-31(26)16-23-9-19(4-7-25(23)32(17)27)8-20-10-24(29)11-20/h2-7,9,12,14-15,20,24H,8,10-11,16,29H2,1H3. The second-order valence-corrected chi connectivity index (χ2v) is 9.25. The minimum Gasteiger partial charge on any atom is -0.340 e. The molecule has 2 aromatic carbocycles. The lowest BCUT2D eigenvalue weighted by Crippen LogP contribution is -2.37. The SMILES string of the molecule is Cc1cnc2n1-c1ccc(CC3CC(N)C3)cc1Cn1cc(-c3ccc(C#N)cc3)cc1-2. The van der Waals surface area contributed by atoms with Crippen molar-refractivity contribution in [3.8, 4) is 34.4 Å². The fourth-order valence-corrected chi connectivity index (χ4v) is 5.23. The molecule has 0 saturated heterocycles. The van der Waals surface area contributed by atoms with Crippen molar-refractivity contribution in [3.05, 3.63) is 83.3 Å². The molecule has 1 saturated carbocycles. The van der Waals surface area contributed by atoms with Crippen molar-refractivity contribution in [1.82, 2.24) is 14.1 Å². The largest absolute Gasteiger partial charge is 0.340 e. The zero-order chi connectivity index (χ0) is 21.8. The van der Waals surface area contributed by atoms with Gasteiger partial charge in [0.15, 0.2) is 5.82 Å². The van der Waals surface area contributed by atoms with Gasteiger partial charge in [-0.2, -0.15) is 5.26 Å². The Hall–Kier alpha value is -3.62. The number of aryl methyl sites for hydroxylation is 1. The number of rotatable bonds is 3. The van der Waals surface area contributed by atoms with E-state index in [0.29, 0.717) is 17.5 Å². The average molecular weight is 420 g/mol. The third-order valence-corrected chi connectivity index (χ3v) is 6.93. The lowest BCUT2D eigenvalue weighted by Gasteiger charge is -2.32. The molecular weight excluding hydrogens is 394 g/mol. The van der Waals surface area contributed by atoms with Crippen LogP contribution in [-0.2, 0) is 13.0 Å². The molecule has 2 N–H and O–H groups in total. The Balaban J connectivity index is 1.43. The summed E-state index contributed by atoms with van der Waals surface area (Å²) in [5.74, 6) is 1.68. The first kappa shape index (κ1) is 19.1. The van der Waals surface area contributed by atoms with Crippen LogP contribution < -0.4 is 5.73 Å². The molecule has 0 atom stereocenters. The van der Waals surface area contributed by atoms with Gasteiger partial charge in [0, 0.05) is 36.2 Å². The summed E-state index contributed by atoms with van der Waals surface area (Å²) in [4.78, 5) is 4.78. The number of hydrogen-bond acceptors (Lipinski definition) is 3. The monoisotopic (exact) mass is 419 g/mol. The van der Waals surface area contributed by atoms with E-state index < -0.39 is 0 Å². The molecule has 2 aromatic heterocycles. The number of benzene rings is 2. The van der Waals surface area contributed by atoms with E-state index in [2.05, 4.69) is 52.6 Å². The highest BCUT2D eigenvalue weighted by Gasteiger charge is 2.27.